The Morgan fingerprint density at radius 1 is 0.867 bits per heavy atom. The molecule has 0 aliphatic rings. The second-order valence-corrected chi connectivity index (χ2v) is 6.32. The highest BCUT2D eigenvalue weighted by molar-refractivity contribution is 5.71. The molecule has 30 heavy (non-hydrogen) atoms. The minimum atomic E-state index is -0.561. The number of unbranched alkanes of at least 4 members (excludes halogenated alkanes) is 1. The van der Waals surface area contributed by atoms with Gasteiger partial charge in [-0.15, -0.1) is 0 Å². The first kappa shape index (κ1) is 23.9. The van der Waals surface area contributed by atoms with E-state index in [4.69, 9.17) is 14.2 Å². The topological polar surface area (TPSA) is 55.4 Å². The normalized spacial score (nSPS) is 10.9. The lowest BCUT2D eigenvalue weighted by Crippen LogP contribution is -2.05. The minimum absolute atomic E-state index is 0.245. The monoisotopic (exact) mass is 430 g/mol. The van der Waals surface area contributed by atoms with Crippen LogP contribution < -0.4 is 9.47 Å². The number of benzene rings is 2. The summed E-state index contributed by atoms with van der Waals surface area (Å²) in [5.41, 5.74) is 3.98. The van der Waals surface area contributed by atoms with Crippen LogP contribution in [0.3, 0.4) is 0 Å². The number of hydrogen-bond donors (Lipinski definition) is 0. The molecule has 0 N–H and O–H groups in total. The Kier molecular flexibility index (Phi) is 11.0. The number of rotatable bonds is 15. The summed E-state index contributed by atoms with van der Waals surface area (Å²) in [6.45, 7) is 0.450. The summed E-state index contributed by atoms with van der Waals surface area (Å²) in [6, 6.07) is 11.2. The maximum atomic E-state index is 12.3. The van der Waals surface area contributed by atoms with E-state index >= 15 is 0 Å². The van der Waals surface area contributed by atoms with Crippen LogP contribution in [-0.4, -0.2) is 27.1 Å². The zero-order valence-corrected chi connectivity index (χ0v) is 16.7. The van der Waals surface area contributed by atoms with Gasteiger partial charge in [0.1, 0.15) is 11.5 Å². The average molecular weight is 430 g/mol. The molecule has 0 amide bonds. The van der Waals surface area contributed by atoms with Gasteiger partial charge in [0.2, 0.25) is 6.79 Å². The number of hydrogen-bond acceptors (Lipinski definition) is 6. The van der Waals surface area contributed by atoms with E-state index in [2.05, 4.69) is 21.0 Å². The quantitative estimate of drug-likeness (QED) is 0.159. The third-order valence-electron chi connectivity index (χ3n) is 4.35. The highest BCUT2D eigenvalue weighted by Crippen LogP contribution is 2.33. The standard InChI is InChI=1S/C21H25F3O6/c1-2-17-9-16(5-3-4-8-22)6-7-21(17)18-10-19(26-13-25-14-28-23)12-20(11-18)27-15-29-30-24/h6-7,9-12H,2-5,8,13-15H2,1H3. The van der Waals surface area contributed by atoms with E-state index in [0.717, 1.165) is 41.5 Å². The molecule has 0 saturated carbocycles. The van der Waals surface area contributed by atoms with E-state index in [1.54, 1.807) is 18.2 Å². The molecule has 0 aliphatic heterocycles. The van der Waals surface area contributed by atoms with Crippen molar-refractivity contribution >= 4 is 0 Å². The van der Waals surface area contributed by atoms with E-state index in [9.17, 15) is 13.4 Å². The van der Waals surface area contributed by atoms with Gasteiger partial charge in [-0.3, -0.25) is 4.39 Å². The number of aryl methyl sites for hydroxylation is 2. The van der Waals surface area contributed by atoms with Gasteiger partial charge in [0.05, 0.1) is 6.67 Å². The van der Waals surface area contributed by atoms with Crippen molar-refractivity contribution in [2.24, 2.45) is 0 Å². The molecule has 0 unspecified atom stereocenters. The summed E-state index contributed by atoms with van der Waals surface area (Å²) in [4.78, 5) is 7.43. The van der Waals surface area contributed by atoms with Gasteiger partial charge < -0.3 is 14.2 Å². The second kappa shape index (κ2) is 13.8. The van der Waals surface area contributed by atoms with Crippen LogP contribution in [0.1, 0.15) is 30.9 Å². The van der Waals surface area contributed by atoms with Crippen LogP contribution >= 0.6 is 0 Å². The van der Waals surface area contributed by atoms with Crippen molar-refractivity contribution in [1.82, 2.24) is 0 Å². The van der Waals surface area contributed by atoms with Crippen molar-refractivity contribution < 1.29 is 42.6 Å². The number of alkyl halides is 1. The molecule has 0 saturated heterocycles. The van der Waals surface area contributed by atoms with Gasteiger partial charge in [-0.25, -0.2) is 0 Å². The van der Waals surface area contributed by atoms with Crippen molar-refractivity contribution in [2.75, 3.05) is 27.1 Å². The first-order chi connectivity index (χ1) is 14.7. The molecule has 0 aromatic heterocycles. The van der Waals surface area contributed by atoms with E-state index in [0.29, 0.717) is 17.9 Å². The Morgan fingerprint density at radius 3 is 2.30 bits per heavy atom. The Labute approximate surface area is 173 Å². The van der Waals surface area contributed by atoms with Crippen molar-refractivity contribution in [3.05, 3.63) is 47.5 Å². The first-order valence-corrected chi connectivity index (χ1v) is 9.52. The van der Waals surface area contributed by atoms with Gasteiger partial charge in [0, 0.05) is 6.07 Å². The molecular formula is C21H25F3O6. The van der Waals surface area contributed by atoms with Crippen LogP contribution in [0.15, 0.2) is 36.4 Å². The van der Waals surface area contributed by atoms with Gasteiger partial charge >= 0.3 is 0 Å². The van der Waals surface area contributed by atoms with Crippen molar-refractivity contribution in [3.8, 4) is 22.6 Å². The predicted molar refractivity (Wildman–Crippen MR) is 103 cm³/mol. The highest BCUT2D eigenvalue weighted by atomic mass is 19.3. The molecule has 0 spiro atoms. The summed E-state index contributed by atoms with van der Waals surface area (Å²) in [7, 11) is 0. The summed E-state index contributed by atoms with van der Waals surface area (Å²) >= 11 is 0. The number of halogens is 3. The van der Waals surface area contributed by atoms with Crippen molar-refractivity contribution in [2.45, 2.75) is 32.6 Å². The third kappa shape index (κ3) is 7.83. The van der Waals surface area contributed by atoms with Gasteiger partial charge in [-0.05, 0) is 74.2 Å². The predicted octanol–water partition coefficient (Wildman–Crippen LogP) is 5.59. The fourth-order valence-corrected chi connectivity index (χ4v) is 2.98. The Bertz CT molecular complexity index is 760. The third-order valence-corrected chi connectivity index (χ3v) is 4.35. The average Bonchev–Trinajstić information content (AvgIpc) is 2.77. The second-order valence-electron chi connectivity index (χ2n) is 6.32. The minimum Gasteiger partial charge on any atom is -0.467 e. The summed E-state index contributed by atoms with van der Waals surface area (Å²) in [5, 5.41) is 3.04. The van der Waals surface area contributed by atoms with Crippen LogP contribution in [-0.2, 0) is 32.5 Å². The summed E-state index contributed by atoms with van der Waals surface area (Å²) in [5.74, 6) is 0.729. The molecule has 9 heteroatoms. The number of ether oxygens (including phenoxy) is 3. The van der Waals surface area contributed by atoms with Crippen LogP contribution in [0.25, 0.3) is 11.1 Å². The van der Waals surface area contributed by atoms with Crippen molar-refractivity contribution in [1.29, 1.82) is 0 Å². The lowest BCUT2D eigenvalue weighted by atomic mass is 9.94. The molecule has 2 aromatic rings. The molecule has 0 aliphatic carbocycles. The maximum Gasteiger partial charge on any atom is 0.224 e. The Hall–Kier alpha value is -2.33. The van der Waals surface area contributed by atoms with Crippen LogP contribution in [0.4, 0.5) is 13.4 Å². The maximum absolute atomic E-state index is 12.3. The largest absolute Gasteiger partial charge is 0.467 e. The Morgan fingerprint density at radius 2 is 1.63 bits per heavy atom. The molecular weight excluding hydrogens is 405 g/mol. The molecule has 2 aromatic carbocycles. The smallest absolute Gasteiger partial charge is 0.224 e. The van der Waals surface area contributed by atoms with Gasteiger partial charge in [-0.2, -0.15) is 9.83 Å². The fourth-order valence-electron chi connectivity index (χ4n) is 2.98. The van der Waals surface area contributed by atoms with E-state index in [1.807, 2.05) is 19.1 Å². The fraction of sp³-hybridized carbons (Fsp3) is 0.429. The van der Waals surface area contributed by atoms with E-state index in [-0.39, 0.29) is 13.5 Å². The highest BCUT2D eigenvalue weighted by Gasteiger charge is 2.10. The molecule has 0 radical (unpaired) electrons. The van der Waals surface area contributed by atoms with Gasteiger partial charge in [-0.1, -0.05) is 25.1 Å². The zero-order chi connectivity index (χ0) is 21.6. The Balaban J connectivity index is 2.26. The van der Waals surface area contributed by atoms with Gasteiger partial charge in [0.25, 0.3) is 0 Å². The van der Waals surface area contributed by atoms with E-state index in [1.165, 1.54) is 0 Å². The molecule has 166 valence electrons. The SMILES string of the molecule is CCc1cc(CCCCF)ccc1-c1cc(OCOCOF)cc(OCOOF)c1. The molecule has 0 bridgehead atoms. The zero-order valence-electron chi connectivity index (χ0n) is 16.7. The molecule has 6 nitrogen and oxygen atoms in total. The summed E-state index contributed by atoms with van der Waals surface area (Å²) in [6.07, 6.45) is 2.93. The van der Waals surface area contributed by atoms with Crippen LogP contribution in [0.5, 0.6) is 11.5 Å². The van der Waals surface area contributed by atoms with Crippen molar-refractivity contribution in [3.63, 3.8) is 0 Å². The van der Waals surface area contributed by atoms with E-state index < -0.39 is 13.6 Å². The summed E-state index contributed by atoms with van der Waals surface area (Å²) < 4.78 is 51.3. The van der Waals surface area contributed by atoms with Crippen LogP contribution in [0.2, 0.25) is 0 Å². The molecule has 0 atom stereocenters. The molecule has 0 heterocycles. The lowest BCUT2D eigenvalue weighted by Gasteiger charge is -2.15. The molecule has 0 fully saturated rings. The molecule has 2 rings (SSSR count). The first-order valence-electron chi connectivity index (χ1n) is 9.52. The van der Waals surface area contributed by atoms with Crippen LogP contribution in [0, 0.1) is 0 Å². The lowest BCUT2D eigenvalue weighted by molar-refractivity contribution is -0.445. The van der Waals surface area contributed by atoms with Gasteiger partial charge in [0.15, 0.2) is 13.6 Å².